The van der Waals surface area contributed by atoms with Crippen LogP contribution in [0, 0.1) is 0 Å². The van der Waals surface area contributed by atoms with Crippen molar-refractivity contribution in [1.82, 2.24) is 0 Å². The predicted octanol–water partition coefficient (Wildman–Crippen LogP) is 2.54. The molecule has 0 heterocycles. The number of rotatable bonds is 7. The van der Waals surface area contributed by atoms with Gasteiger partial charge >= 0.3 is 0 Å². The molecule has 0 aliphatic heterocycles. The van der Waals surface area contributed by atoms with Crippen LogP contribution in [0.5, 0.6) is 5.75 Å². The van der Waals surface area contributed by atoms with Crippen LogP contribution in [0.25, 0.3) is 0 Å². The van der Waals surface area contributed by atoms with Gasteiger partial charge in [0.15, 0.2) is 5.78 Å². The monoisotopic (exact) mass is 233 g/mol. The van der Waals surface area contributed by atoms with Crippen molar-refractivity contribution >= 4 is 5.78 Å². The molecule has 3 nitrogen and oxygen atoms in total. The zero-order valence-corrected chi connectivity index (χ0v) is 10.0. The summed E-state index contributed by atoms with van der Waals surface area (Å²) in [5.74, 6) is 1.06. The minimum absolute atomic E-state index is 0.191. The molecule has 0 radical (unpaired) electrons. The molecule has 92 valence electrons. The van der Waals surface area contributed by atoms with Crippen molar-refractivity contribution in [2.24, 2.45) is 5.73 Å². The third-order valence-electron chi connectivity index (χ3n) is 2.86. The Labute approximate surface area is 102 Å². The van der Waals surface area contributed by atoms with Gasteiger partial charge in [0.25, 0.3) is 0 Å². The Morgan fingerprint density at radius 3 is 2.53 bits per heavy atom. The van der Waals surface area contributed by atoms with Gasteiger partial charge in [-0.25, -0.2) is 0 Å². The Morgan fingerprint density at radius 1 is 1.24 bits per heavy atom. The highest BCUT2D eigenvalue weighted by Gasteiger charge is 2.23. The second-order valence-corrected chi connectivity index (χ2v) is 4.51. The van der Waals surface area contributed by atoms with E-state index in [1.54, 1.807) is 0 Å². The Kier molecular flexibility index (Phi) is 4.15. The van der Waals surface area contributed by atoms with Crippen molar-refractivity contribution in [3.05, 3.63) is 29.8 Å². The average molecular weight is 233 g/mol. The van der Waals surface area contributed by atoms with Gasteiger partial charge in [0.05, 0.1) is 6.10 Å². The van der Waals surface area contributed by atoms with E-state index in [1.807, 2.05) is 24.3 Å². The third kappa shape index (κ3) is 3.86. The highest BCUT2D eigenvalue weighted by molar-refractivity contribution is 5.96. The summed E-state index contributed by atoms with van der Waals surface area (Å²) >= 11 is 0. The normalized spacial score (nSPS) is 14.6. The fraction of sp³-hybridized carbons (Fsp3) is 0.500. The van der Waals surface area contributed by atoms with E-state index in [2.05, 4.69) is 0 Å². The lowest BCUT2D eigenvalue weighted by Gasteiger charge is -2.05. The van der Waals surface area contributed by atoms with Crippen LogP contribution in [0.4, 0.5) is 0 Å². The summed E-state index contributed by atoms with van der Waals surface area (Å²) in [6, 6.07) is 7.47. The van der Waals surface area contributed by atoms with Gasteiger partial charge in [0.1, 0.15) is 5.75 Å². The Morgan fingerprint density at radius 2 is 1.94 bits per heavy atom. The van der Waals surface area contributed by atoms with Crippen molar-refractivity contribution < 1.29 is 9.53 Å². The highest BCUT2D eigenvalue weighted by atomic mass is 16.5. The number of ether oxygens (including phenoxy) is 1. The average Bonchev–Trinajstić information content (AvgIpc) is 3.14. The number of hydrogen-bond donors (Lipinski definition) is 1. The van der Waals surface area contributed by atoms with Crippen molar-refractivity contribution in [1.29, 1.82) is 0 Å². The lowest BCUT2D eigenvalue weighted by atomic mass is 10.1. The molecule has 1 fully saturated rings. The van der Waals surface area contributed by atoms with Gasteiger partial charge in [-0.05, 0) is 56.5 Å². The summed E-state index contributed by atoms with van der Waals surface area (Å²) in [4.78, 5) is 11.8. The molecule has 1 aliphatic carbocycles. The van der Waals surface area contributed by atoms with Crippen LogP contribution in [0.2, 0.25) is 0 Å². The molecule has 1 aromatic carbocycles. The van der Waals surface area contributed by atoms with E-state index < -0.39 is 0 Å². The van der Waals surface area contributed by atoms with E-state index in [1.165, 1.54) is 0 Å². The summed E-state index contributed by atoms with van der Waals surface area (Å²) in [5, 5.41) is 0. The van der Waals surface area contributed by atoms with E-state index in [0.717, 1.165) is 37.0 Å². The fourth-order valence-electron chi connectivity index (χ4n) is 1.67. The van der Waals surface area contributed by atoms with Gasteiger partial charge in [-0.1, -0.05) is 0 Å². The molecule has 17 heavy (non-hydrogen) atoms. The van der Waals surface area contributed by atoms with Crippen molar-refractivity contribution in [3.63, 3.8) is 0 Å². The van der Waals surface area contributed by atoms with Crippen LogP contribution in [0.3, 0.4) is 0 Å². The predicted molar refractivity (Wildman–Crippen MR) is 67.3 cm³/mol. The number of unbranched alkanes of at least 4 members (excludes halogenated alkanes) is 1. The maximum absolute atomic E-state index is 11.8. The molecule has 0 aromatic heterocycles. The van der Waals surface area contributed by atoms with Crippen molar-refractivity contribution in [2.45, 2.75) is 38.2 Å². The Balaban J connectivity index is 1.85. The minimum Gasteiger partial charge on any atom is -0.490 e. The molecule has 0 saturated heterocycles. The fourth-order valence-corrected chi connectivity index (χ4v) is 1.67. The topological polar surface area (TPSA) is 52.3 Å². The number of ketones is 1. The van der Waals surface area contributed by atoms with Gasteiger partial charge in [-0.3, -0.25) is 4.79 Å². The number of carbonyl (C=O) groups excluding carboxylic acids is 1. The lowest BCUT2D eigenvalue weighted by molar-refractivity contribution is 0.0979. The molecular formula is C14H19NO2. The van der Waals surface area contributed by atoms with Crippen LogP contribution < -0.4 is 10.5 Å². The summed E-state index contributed by atoms with van der Waals surface area (Å²) in [6.07, 6.45) is 5.07. The number of Topliss-reactive ketones (excluding diaryl/α,β-unsaturated/α-hetero) is 1. The number of carbonyl (C=O) groups is 1. The number of hydrogen-bond acceptors (Lipinski definition) is 3. The smallest absolute Gasteiger partial charge is 0.162 e. The van der Waals surface area contributed by atoms with Gasteiger partial charge in [-0.15, -0.1) is 0 Å². The number of benzene rings is 1. The lowest BCUT2D eigenvalue weighted by Crippen LogP contribution is -2.03. The first kappa shape index (κ1) is 12.1. The zero-order valence-electron chi connectivity index (χ0n) is 10.0. The zero-order chi connectivity index (χ0) is 12.1. The molecule has 2 rings (SSSR count). The maximum atomic E-state index is 11.8. The van der Waals surface area contributed by atoms with Gasteiger partial charge in [0, 0.05) is 12.0 Å². The molecule has 3 heteroatoms. The quantitative estimate of drug-likeness (QED) is 0.581. The summed E-state index contributed by atoms with van der Waals surface area (Å²) in [7, 11) is 0. The van der Waals surface area contributed by atoms with Crippen LogP contribution >= 0.6 is 0 Å². The first-order valence-electron chi connectivity index (χ1n) is 6.29. The molecule has 0 bridgehead atoms. The largest absolute Gasteiger partial charge is 0.490 e. The summed E-state index contributed by atoms with van der Waals surface area (Å²) in [6.45, 7) is 0.654. The first-order valence-corrected chi connectivity index (χ1v) is 6.29. The standard InChI is InChI=1S/C14H19NO2/c15-10-2-1-3-14(16)11-4-6-12(7-5-11)17-13-8-9-13/h4-7,13H,1-3,8-10,15H2. The number of nitrogens with two attached hydrogens (primary N) is 1. The molecule has 0 unspecified atom stereocenters. The molecular weight excluding hydrogens is 214 g/mol. The van der Waals surface area contributed by atoms with Crippen LogP contribution in [0.15, 0.2) is 24.3 Å². The van der Waals surface area contributed by atoms with Crippen LogP contribution in [-0.4, -0.2) is 18.4 Å². The van der Waals surface area contributed by atoms with Crippen LogP contribution in [0.1, 0.15) is 42.5 Å². The van der Waals surface area contributed by atoms with Gasteiger partial charge in [-0.2, -0.15) is 0 Å². The Hall–Kier alpha value is -1.35. The first-order chi connectivity index (χ1) is 8.29. The summed E-state index contributed by atoms with van der Waals surface area (Å²) < 4.78 is 5.63. The molecule has 1 aliphatic rings. The third-order valence-corrected chi connectivity index (χ3v) is 2.86. The molecule has 1 aromatic rings. The SMILES string of the molecule is NCCCCC(=O)c1ccc(OC2CC2)cc1. The van der Waals surface area contributed by atoms with Crippen LogP contribution in [-0.2, 0) is 0 Å². The highest BCUT2D eigenvalue weighted by Crippen LogP contribution is 2.26. The second-order valence-electron chi connectivity index (χ2n) is 4.51. The van der Waals surface area contributed by atoms with Crippen molar-refractivity contribution in [3.8, 4) is 5.75 Å². The maximum Gasteiger partial charge on any atom is 0.162 e. The molecule has 2 N–H and O–H groups in total. The minimum atomic E-state index is 0.191. The molecule has 1 saturated carbocycles. The van der Waals surface area contributed by atoms with E-state index in [9.17, 15) is 4.79 Å². The van der Waals surface area contributed by atoms with Gasteiger partial charge < -0.3 is 10.5 Å². The van der Waals surface area contributed by atoms with E-state index >= 15 is 0 Å². The second kappa shape index (κ2) is 5.82. The summed E-state index contributed by atoms with van der Waals surface area (Å²) in [5.41, 5.74) is 6.17. The molecule has 0 atom stereocenters. The molecule has 0 amide bonds. The van der Waals surface area contributed by atoms with E-state index in [4.69, 9.17) is 10.5 Å². The Bertz CT molecular complexity index is 368. The van der Waals surface area contributed by atoms with E-state index in [-0.39, 0.29) is 5.78 Å². The molecule has 0 spiro atoms. The van der Waals surface area contributed by atoms with E-state index in [0.29, 0.717) is 19.1 Å². The van der Waals surface area contributed by atoms with Gasteiger partial charge in [0.2, 0.25) is 0 Å². The van der Waals surface area contributed by atoms with Crippen molar-refractivity contribution in [2.75, 3.05) is 6.54 Å².